The topological polar surface area (TPSA) is 49.4 Å². The predicted octanol–water partition coefficient (Wildman–Crippen LogP) is 4.01. The minimum Gasteiger partial charge on any atom is -0.337 e. The van der Waals surface area contributed by atoms with Crippen LogP contribution in [0.25, 0.3) is 0 Å². The van der Waals surface area contributed by atoms with Crippen molar-refractivity contribution in [3.05, 3.63) is 65.2 Å². The summed E-state index contributed by atoms with van der Waals surface area (Å²) in [5.41, 5.74) is 0.664. The first-order valence-corrected chi connectivity index (χ1v) is 9.14. The summed E-state index contributed by atoms with van der Waals surface area (Å²) in [7, 11) is 0. The lowest BCUT2D eigenvalue weighted by atomic mass is 9.97. The Balaban J connectivity index is 1.45. The number of nitrogens with one attached hydrogen (secondary N) is 1. The minimum atomic E-state index is -4.43. The summed E-state index contributed by atoms with van der Waals surface area (Å²) in [6.07, 6.45) is -2.77. The molecule has 1 aliphatic heterocycles. The molecule has 0 aromatic heterocycles. The van der Waals surface area contributed by atoms with E-state index >= 15 is 0 Å². The van der Waals surface area contributed by atoms with Gasteiger partial charge in [0, 0.05) is 18.8 Å². The maximum Gasteiger partial charge on any atom is 0.416 e. The molecule has 2 aromatic rings. The van der Waals surface area contributed by atoms with Gasteiger partial charge in [-0.2, -0.15) is 13.2 Å². The van der Waals surface area contributed by atoms with Crippen molar-refractivity contribution in [2.45, 2.75) is 32.0 Å². The molecule has 0 saturated heterocycles. The number of hydrogen-bond acceptors (Lipinski definition) is 2. The number of carbonyl (C=O) groups excluding carboxylic acids is 2. The van der Waals surface area contributed by atoms with E-state index in [1.54, 1.807) is 4.90 Å². The molecule has 1 heterocycles. The van der Waals surface area contributed by atoms with E-state index in [-0.39, 0.29) is 11.6 Å². The number of hydrogen-bond donors (Lipinski definition) is 1. The van der Waals surface area contributed by atoms with Gasteiger partial charge >= 0.3 is 6.18 Å². The van der Waals surface area contributed by atoms with E-state index in [4.69, 9.17) is 0 Å². The summed E-state index contributed by atoms with van der Waals surface area (Å²) in [6.45, 7) is 1.04. The van der Waals surface area contributed by atoms with E-state index in [0.29, 0.717) is 25.9 Å². The molecule has 2 aromatic carbocycles. The highest BCUT2D eigenvalue weighted by atomic mass is 19.4. The molecule has 1 fully saturated rings. The number of carbonyl (C=O) groups is 2. The summed E-state index contributed by atoms with van der Waals surface area (Å²) >= 11 is 0. The van der Waals surface area contributed by atoms with Gasteiger partial charge in [-0.1, -0.05) is 24.3 Å². The van der Waals surface area contributed by atoms with Gasteiger partial charge in [0.05, 0.1) is 5.56 Å². The van der Waals surface area contributed by atoms with E-state index < -0.39 is 23.1 Å². The molecule has 4 nitrogen and oxygen atoms in total. The van der Waals surface area contributed by atoms with Gasteiger partial charge in [-0.05, 0) is 54.7 Å². The Hall–Kier alpha value is -2.83. The van der Waals surface area contributed by atoms with Crippen LogP contribution in [0.15, 0.2) is 48.5 Å². The van der Waals surface area contributed by atoms with Crippen molar-refractivity contribution >= 4 is 17.5 Å². The molecular weight excluding hydrogens is 369 g/mol. The van der Waals surface area contributed by atoms with Crippen molar-refractivity contribution in [3.8, 4) is 0 Å². The summed E-state index contributed by atoms with van der Waals surface area (Å²) in [5.74, 6) is -0.650. The fraction of sp³-hybridized carbons (Fsp3) is 0.333. The van der Waals surface area contributed by atoms with E-state index in [1.807, 2.05) is 24.3 Å². The first-order valence-electron chi connectivity index (χ1n) is 9.14. The molecule has 146 valence electrons. The van der Waals surface area contributed by atoms with Gasteiger partial charge in [0.1, 0.15) is 5.41 Å². The van der Waals surface area contributed by atoms with Crippen LogP contribution in [-0.2, 0) is 28.7 Å². The van der Waals surface area contributed by atoms with Crippen molar-refractivity contribution in [2.75, 3.05) is 11.9 Å². The highest BCUT2D eigenvalue weighted by molar-refractivity contribution is 6.13. The number of nitrogens with zero attached hydrogens (tertiary/aromatic N) is 1. The molecule has 2 amide bonds. The smallest absolute Gasteiger partial charge is 0.337 e. The molecule has 2 aliphatic rings. The van der Waals surface area contributed by atoms with Crippen LogP contribution >= 0.6 is 0 Å². The van der Waals surface area contributed by atoms with Crippen LogP contribution in [0.2, 0.25) is 0 Å². The van der Waals surface area contributed by atoms with Gasteiger partial charge in [-0.25, -0.2) is 0 Å². The maximum atomic E-state index is 13.0. The van der Waals surface area contributed by atoms with Crippen LogP contribution in [0.5, 0.6) is 0 Å². The molecule has 1 saturated carbocycles. The maximum absolute atomic E-state index is 13.0. The number of amides is 2. The molecule has 0 unspecified atom stereocenters. The SMILES string of the molecule is O=C(Nc1ccc(C(F)(F)F)cc1)C1(C(=O)N2CCc3ccccc3C2)CC1. The zero-order valence-corrected chi connectivity index (χ0v) is 15.1. The molecule has 1 N–H and O–H groups in total. The second-order valence-electron chi connectivity index (χ2n) is 7.36. The average Bonchev–Trinajstić information content (AvgIpc) is 3.49. The lowest BCUT2D eigenvalue weighted by Crippen LogP contribution is -2.45. The monoisotopic (exact) mass is 388 g/mol. The number of rotatable bonds is 3. The summed E-state index contributed by atoms with van der Waals surface area (Å²) in [4.78, 5) is 27.5. The third-order valence-electron chi connectivity index (χ3n) is 5.48. The van der Waals surface area contributed by atoms with E-state index in [2.05, 4.69) is 5.32 Å². The standard InChI is InChI=1S/C21H19F3N2O2/c22-21(23,24)16-5-7-17(8-6-16)25-18(27)20(10-11-20)19(28)26-12-9-14-3-1-2-4-15(14)13-26/h1-8H,9-13H2,(H,25,27). The van der Waals surface area contributed by atoms with E-state index in [9.17, 15) is 22.8 Å². The van der Waals surface area contributed by atoms with E-state index in [0.717, 1.165) is 24.1 Å². The Bertz CT molecular complexity index is 918. The normalized spacial score (nSPS) is 17.6. The summed E-state index contributed by atoms with van der Waals surface area (Å²) in [5, 5.41) is 2.61. The highest BCUT2D eigenvalue weighted by Gasteiger charge is 2.58. The zero-order valence-electron chi connectivity index (χ0n) is 15.1. The fourth-order valence-electron chi connectivity index (χ4n) is 3.63. The predicted molar refractivity (Wildman–Crippen MR) is 97.3 cm³/mol. The second-order valence-corrected chi connectivity index (χ2v) is 7.36. The van der Waals surface area contributed by atoms with E-state index in [1.165, 1.54) is 17.7 Å². The van der Waals surface area contributed by atoms with Gasteiger partial charge in [0.2, 0.25) is 11.8 Å². The quantitative estimate of drug-likeness (QED) is 0.808. The van der Waals surface area contributed by atoms with Crippen LogP contribution in [-0.4, -0.2) is 23.3 Å². The third-order valence-corrected chi connectivity index (χ3v) is 5.48. The molecule has 0 radical (unpaired) electrons. The summed E-state index contributed by atoms with van der Waals surface area (Å²) < 4.78 is 38.0. The molecule has 7 heteroatoms. The fourth-order valence-corrected chi connectivity index (χ4v) is 3.63. The number of halogens is 3. The van der Waals surface area contributed by atoms with Gasteiger partial charge in [-0.3, -0.25) is 9.59 Å². The first-order chi connectivity index (χ1) is 13.3. The minimum absolute atomic E-state index is 0.202. The Morgan fingerprint density at radius 2 is 1.61 bits per heavy atom. The van der Waals surface area contributed by atoms with Gasteiger partial charge in [-0.15, -0.1) is 0 Å². The van der Waals surface area contributed by atoms with Gasteiger partial charge < -0.3 is 10.2 Å². The van der Waals surface area contributed by atoms with Crippen molar-refractivity contribution in [1.29, 1.82) is 0 Å². The van der Waals surface area contributed by atoms with Crippen LogP contribution in [0.3, 0.4) is 0 Å². The summed E-state index contributed by atoms with van der Waals surface area (Å²) in [6, 6.07) is 12.2. The molecular formula is C21H19F3N2O2. The first kappa shape index (κ1) is 18.5. The molecule has 28 heavy (non-hydrogen) atoms. The second kappa shape index (κ2) is 6.65. The molecule has 0 atom stereocenters. The Kier molecular flexibility index (Phi) is 4.40. The van der Waals surface area contributed by atoms with Gasteiger partial charge in [0.15, 0.2) is 0 Å². The lowest BCUT2D eigenvalue weighted by molar-refractivity contribution is -0.143. The Morgan fingerprint density at radius 1 is 0.964 bits per heavy atom. The average molecular weight is 388 g/mol. The van der Waals surface area contributed by atoms with Crippen LogP contribution in [0, 0.1) is 5.41 Å². The van der Waals surface area contributed by atoms with Crippen LogP contribution in [0.4, 0.5) is 18.9 Å². The number of alkyl halides is 3. The zero-order chi connectivity index (χ0) is 19.9. The lowest BCUT2D eigenvalue weighted by Gasteiger charge is -2.31. The van der Waals surface area contributed by atoms with Crippen LogP contribution < -0.4 is 5.32 Å². The highest BCUT2D eigenvalue weighted by Crippen LogP contribution is 2.48. The number of benzene rings is 2. The van der Waals surface area contributed by atoms with Crippen molar-refractivity contribution in [3.63, 3.8) is 0 Å². The molecule has 1 aliphatic carbocycles. The molecule has 0 bridgehead atoms. The molecule has 0 spiro atoms. The third kappa shape index (κ3) is 3.37. The van der Waals surface area contributed by atoms with Crippen molar-refractivity contribution in [1.82, 2.24) is 4.90 Å². The number of anilines is 1. The van der Waals surface area contributed by atoms with Crippen molar-refractivity contribution < 1.29 is 22.8 Å². The number of fused-ring (bicyclic) bond motifs is 1. The van der Waals surface area contributed by atoms with Crippen LogP contribution in [0.1, 0.15) is 29.5 Å². The Morgan fingerprint density at radius 3 is 2.21 bits per heavy atom. The van der Waals surface area contributed by atoms with Gasteiger partial charge in [0.25, 0.3) is 0 Å². The largest absolute Gasteiger partial charge is 0.416 e. The Labute approximate surface area is 160 Å². The molecule has 4 rings (SSSR count). The van der Waals surface area contributed by atoms with Crippen molar-refractivity contribution in [2.24, 2.45) is 5.41 Å².